The zero-order valence-corrected chi connectivity index (χ0v) is 10.9. The lowest BCUT2D eigenvalue weighted by atomic mass is 10.0. The highest BCUT2D eigenvalue weighted by Crippen LogP contribution is 2.19. The van der Waals surface area contributed by atoms with Crippen molar-refractivity contribution in [2.24, 2.45) is 5.73 Å². The minimum Gasteiger partial charge on any atom is -0.488 e. The van der Waals surface area contributed by atoms with Crippen LogP contribution in [0.25, 0.3) is 0 Å². The first-order valence-electron chi connectivity index (χ1n) is 5.78. The molecule has 0 amide bonds. The molecule has 0 aliphatic rings. The van der Waals surface area contributed by atoms with Gasteiger partial charge in [-0.2, -0.15) is 0 Å². The van der Waals surface area contributed by atoms with E-state index < -0.39 is 25.0 Å². The summed E-state index contributed by atoms with van der Waals surface area (Å²) in [6.45, 7) is 1.16. The Morgan fingerprint density at radius 2 is 2.11 bits per heavy atom. The van der Waals surface area contributed by atoms with Gasteiger partial charge in [0.2, 0.25) is 0 Å². The van der Waals surface area contributed by atoms with Gasteiger partial charge in [0, 0.05) is 0 Å². The molecule has 0 aromatic heterocycles. The lowest BCUT2D eigenvalue weighted by molar-refractivity contribution is -0.142. The molecule has 0 heterocycles. The fourth-order valence-electron chi connectivity index (χ4n) is 1.62. The topological polar surface area (TPSA) is 61.5 Å². The summed E-state index contributed by atoms with van der Waals surface area (Å²) >= 11 is 0. The highest BCUT2D eigenvalue weighted by Gasteiger charge is 2.15. The normalized spacial score (nSPS) is 12.3. The van der Waals surface area contributed by atoms with E-state index in [4.69, 9.17) is 10.5 Å². The molecule has 0 saturated carbocycles. The van der Waals surface area contributed by atoms with Crippen LogP contribution in [0.5, 0.6) is 5.75 Å². The zero-order chi connectivity index (χ0) is 14.4. The number of benzene rings is 1. The number of ether oxygens (including phenoxy) is 2. The van der Waals surface area contributed by atoms with Gasteiger partial charge in [0.25, 0.3) is 6.43 Å². The molecule has 106 valence electrons. The Morgan fingerprint density at radius 3 is 2.63 bits per heavy atom. The van der Waals surface area contributed by atoms with Crippen molar-refractivity contribution in [1.82, 2.24) is 0 Å². The largest absolute Gasteiger partial charge is 0.488 e. The third-order valence-corrected chi connectivity index (χ3v) is 2.63. The Hall–Kier alpha value is -1.69. The molecule has 4 nitrogen and oxygen atoms in total. The van der Waals surface area contributed by atoms with Crippen LogP contribution in [0.2, 0.25) is 0 Å². The molecule has 1 unspecified atom stereocenters. The number of alkyl halides is 2. The molecule has 0 fully saturated rings. The van der Waals surface area contributed by atoms with Gasteiger partial charge in [-0.05, 0) is 36.6 Å². The number of carbonyl (C=O) groups excluding carboxylic acids is 1. The third kappa shape index (κ3) is 4.82. The van der Waals surface area contributed by atoms with Gasteiger partial charge in [0.15, 0.2) is 0 Å². The molecule has 0 bridgehead atoms. The van der Waals surface area contributed by atoms with Crippen LogP contribution in [-0.2, 0) is 16.0 Å². The molecule has 6 heteroatoms. The van der Waals surface area contributed by atoms with Crippen molar-refractivity contribution in [2.75, 3.05) is 13.7 Å². The molecule has 0 saturated heterocycles. The summed E-state index contributed by atoms with van der Waals surface area (Å²) in [5, 5.41) is 0. The van der Waals surface area contributed by atoms with Gasteiger partial charge in [-0.15, -0.1) is 0 Å². The average molecular weight is 273 g/mol. The molecular formula is C13H17F2NO3. The van der Waals surface area contributed by atoms with Crippen molar-refractivity contribution >= 4 is 5.97 Å². The van der Waals surface area contributed by atoms with Crippen LogP contribution >= 0.6 is 0 Å². The number of halogens is 2. The zero-order valence-electron chi connectivity index (χ0n) is 10.9. The number of nitrogens with two attached hydrogens (primary N) is 1. The van der Waals surface area contributed by atoms with Crippen LogP contribution in [0.4, 0.5) is 8.78 Å². The predicted molar refractivity (Wildman–Crippen MR) is 66.4 cm³/mol. The Kier molecular flexibility index (Phi) is 5.69. The van der Waals surface area contributed by atoms with E-state index in [1.54, 1.807) is 25.1 Å². The quantitative estimate of drug-likeness (QED) is 0.801. The molecule has 0 aliphatic carbocycles. The molecule has 1 rings (SSSR count). The molecule has 19 heavy (non-hydrogen) atoms. The summed E-state index contributed by atoms with van der Waals surface area (Å²) in [5.41, 5.74) is 7.33. The highest BCUT2D eigenvalue weighted by atomic mass is 19.3. The van der Waals surface area contributed by atoms with E-state index in [9.17, 15) is 13.6 Å². The van der Waals surface area contributed by atoms with Crippen molar-refractivity contribution in [2.45, 2.75) is 25.8 Å². The van der Waals surface area contributed by atoms with Crippen molar-refractivity contribution in [1.29, 1.82) is 0 Å². The van der Waals surface area contributed by atoms with Gasteiger partial charge in [-0.3, -0.25) is 4.79 Å². The van der Waals surface area contributed by atoms with Crippen LogP contribution in [0.3, 0.4) is 0 Å². The molecule has 0 spiro atoms. The van der Waals surface area contributed by atoms with Crippen LogP contribution < -0.4 is 10.5 Å². The second-order valence-electron chi connectivity index (χ2n) is 4.12. The Balaban J connectivity index is 2.69. The van der Waals surface area contributed by atoms with Crippen LogP contribution in [0.15, 0.2) is 18.2 Å². The fourth-order valence-corrected chi connectivity index (χ4v) is 1.62. The fraction of sp³-hybridized carbons (Fsp3) is 0.462. The first-order valence-corrected chi connectivity index (χ1v) is 5.78. The number of carbonyl (C=O) groups is 1. The lowest BCUT2D eigenvalue weighted by Crippen LogP contribution is -2.33. The summed E-state index contributed by atoms with van der Waals surface area (Å²) < 4.78 is 33.5. The third-order valence-electron chi connectivity index (χ3n) is 2.63. The summed E-state index contributed by atoms with van der Waals surface area (Å²) in [6, 6.07) is 4.19. The van der Waals surface area contributed by atoms with E-state index in [1.807, 2.05) is 0 Å². The van der Waals surface area contributed by atoms with E-state index in [0.29, 0.717) is 12.2 Å². The summed E-state index contributed by atoms with van der Waals surface area (Å²) in [4.78, 5) is 11.2. The summed E-state index contributed by atoms with van der Waals surface area (Å²) in [6.07, 6.45) is -2.18. The summed E-state index contributed by atoms with van der Waals surface area (Å²) in [5.74, 6) is -0.120. The monoisotopic (exact) mass is 273 g/mol. The SMILES string of the molecule is COC(=O)C(N)Cc1ccc(OCC(F)F)cc1C. The number of hydrogen-bond acceptors (Lipinski definition) is 4. The molecule has 1 aromatic carbocycles. The molecule has 1 aromatic rings. The van der Waals surface area contributed by atoms with Crippen LogP contribution in [-0.4, -0.2) is 32.2 Å². The maximum absolute atomic E-state index is 12.0. The molecule has 2 N–H and O–H groups in total. The average Bonchev–Trinajstić information content (AvgIpc) is 2.38. The van der Waals surface area contributed by atoms with Crippen molar-refractivity contribution in [3.8, 4) is 5.75 Å². The van der Waals surface area contributed by atoms with Crippen molar-refractivity contribution in [3.05, 3.63) is 29.3 Å². The first-order chi connectivity index (χ1) is 8.93. The van der Waals surface area contributed by atoms with Gasteiger partial charge >= 0.3 is 5.97 Å². The van der Waals surface area contributed by atoms with Crippen LogP contribution in [0, 0.1) is 6.92 Å². The lowest BCUT2D eigenvalue weighted by Gasteiger charge is -2.13. The Bertz CT molecular complexity index is 438. The predicted octanol–water partition coefficient (Wildman–Crippen LogP) is 1.68. The summed E-state index contributed by atoms with van der Waals surface area (Å²) in [7, 11) is 1.27. The van der Waals surface area contributed by atoms with E-state index in [0.717, 1.165) is 11.1 Å². The molecule has 1 atom stereocenters. The Morgan fingerprint density at radius 1 is 1.42 bits per heavy atom. The first kappa shape index (κ1) is 15.4. The number of esters is 1. The van der Waals surface area contributed by atoms with Gasteiger partial charge < -0.3 is 15.2 Å². The Labute approximate surface area is 110 Å². The minimum absolute atomic E-state index is 0.327. The number of hydrogen-bond donors (Lipinski definition) is 1. The highest BCUT2D eigenvalue weighted by molar-refractivity contribution is 5.75. The maximum Gasteiger partial charge on any atom is 0.322 e. The smallest absolute Gasteiger partial charge is 0.322 e. The molecule has 0 aliphatic heterocycles. The minimum atomic E-state index is -2.51. The maximum atomic E-state index is 12.0. The number of methoxy groups -OCH3 is 1. The second-order valence-corrected chi connectivity index (χ2v) is 4.12. The van der Waals surface area contributed by atoms with E-state index in [1.165, 1.54) is 7.11 Å². The van der Waals surface area contributed by atoms with Crippen molar-refractivity contribution in [3.63, 3.8) is 0 Å². The number of aryl methyl sites for hydroxylation is 1. The second kappa shape index (κ2) is 7.04. The van der Waals surface area contributed by atoms with E-state index in [2.05, 4.69) is 4.74 Å². The van der Waals surface area contributed by atoms with Crippen LogP contribution in [0.1, 0.15) is 11.1 Å². The van der Waals surface area contributed by atoms with Gasteiger partial charge in [0.1, 0.15) is 18.4 Å². The van der Waals surface area contributed by atoms with E-state index in [-0.39, 0.29) is 0 Å². The van der Waals surface area contributed by atoms with Crippen molar-refractivity contribution < 1.29 is 23.0 Å². The molecular weight excluding hydrogens is 256 g/mol. The van der Waals surface area contributed by atoms with Gasteiger partial charge in [-0.1, -0.05) is 6.07 Å². The van der Waals surface area contributed by atoms with E-state index >= 15 is 0 Å². The van der Waals surface area contributed by atoms with Gasteiger partial charge in [-0.25, -0.2) is 8.78 Å². The van der Waals surface area contributed by atoms with Gasteiger partial charge in [0.05, 0.1) is 7.11 Å². The number of rotatable bonds is 6. The molecule has 0 radical (unpaired) electrons. The standard InChI is InChI=1S/C13H17F2NO3/c1-8-5-10(19-7-12(14)15)4-3-9(8)6-11(16)13(17)18-2/h3-5,11-12H,6-7,16H2,1-2H3.